The number of carbonyl (C=O) groups excluding carboxylic acids is 1. The van der Waals surface area contributed by atoms with Crippen molar-refractivity contribution in [2.45, 2.75) is 31.8 Å². The van der Waals surface area contributed by atoms with Gasteiger partial charge in [-0.3, -0.25) is 4.79 Å². The first-order valence-corrected chi connectivity index (χ1v) is 6.85. The summed E-state index contributed by atoms with van der Waals surface area (Å²) in [6.45, 7) is 0.825. The first-order chi connectivity index (χ1) is 9.15. The number of rotatable bonds is 6. The van der Waals surface area contributed by atoms with Gasteiger partial charge in [-0.25, -0.2) is 0 Å². The molecule has 0 aliphatic heterocycles. The maximum Gasteiger partial charge on any atom is 0.220 e. The Kier molecular flexibility index (Phi) is 4.56. The monoisotopic (exact) mass is 262 g/mol. The molecule has 0 saturated heterocycles. The van der Waals surface area contributed by atoms with Crippen LogP contribution < -0.4 is 11.1 Å². The summed E-state index contributed by atoms with van der Waals surface area (Å²) < 4.78 is 0. The van der Waals surface area contributed by atoms with Gasteiger partial charge in [-0.05, 0) is 30.4 Å². The third-order valence-corrected chi connectivity index (χ3v) is 4.06. The highest BCUT2D eigenvalue weighted by Gasteiger charge is 2.37. The molecule has 1 unspecified atom stereocenters. The van der Waals surface area contributed by atoms with E-state index in [4.69, 9.17) is 5.73 Å². The van der Waals surface area contributed by atoms with Crippen molar-refractivity contribution >= 4 is 5.91 Å². The number of benzene rings is 1. The number of hydrogen-bond donors (Lipinski definition) is 3. The Morgan fingerprint density at radius 2 is 2.05 bits per heavy atom. The zero-order chi connectivity index (χ0) is 13.7. The molecular formula is C15H22N2O2. The fraction of sp³-hybridized carbons (Fsp3) is 0.533. The van der Waals surface area contributed by atoms with Gasteiger partial charge in [0.05, 0.1) is 6.10 Å². The van der Waals surface area contributed by atoms with E-state index in [-0.39, 0.29) is 17.9 Å². The molecule has 0 radical (unpaired) electrons. The van der Waals surface area contributed by atoms with Gasteiger partial charge in [0.15, 0.2) is 0 Å². The van der Waals surface area contributed by atoms with Crippen LogP contribution in [0.1, 0.15) is 37.4 Å². The minimum atomic E-state index is -0.652. The standard InChI is InChI=1S/C15H22N2O2/c16-11-15(7-4-8-15)9-14(19)17-10-13(18)12-5-2-1-3-6-12/h1-3,5-6,13,18H,4,7-11,16H2,(H,17,19). The first-order valence-electron chi connectivity index (χ1n) is 6.85. The number of aliphatic hydroxyl groups is 1. The molecular weight excluding hydrogens is 240 g/mol. The van der Waals surface area contributed by atoms with Gasteiger partial charge in [0.25, 0.3) is 0 Å². The highest BCUT2D eigenvalue weighted by Crippen LogP contribution is 2.42. The summed E-state index contributed by atoms with van der Waals surface area (Å²) in [5, 5.41) is 12.8. The van der Waals surface area contributed by atoms with Crippen molar-refractivity contribution in [2.75, 3.05) is 13.1 Å². The van der Waals surface area contributed by atoms with E-state index in [2.05, 4.69) is 5.32 Å². The quantitative estimate of drug-likeness (QED) is 0.724. The SMILES string of the molecule is NCC1(CC(=O)NCC(O)c2ccccc2)CCC1. The van der Waals surface area contributed by atoms with Gasteiger partial charge >= 0.3 is 0 Å². The molecule has 1 saturated carbocycles. The van der Waals surface area contributed by atoms with E-state index >= 15 is 0 Å². The van der Waals surface area contributed by atoms with Crippen LogP contribution in [0.2, 0.25) is 0 Å². The number of nitrogens with one attached hydrogen (secondary N) is 1. The number of hydrogen-bond acceptors (Lipinski definition) is 3. The van der Waals surface area contributed by atoms with Crippen LogP contribution in [0.25, 0.3) is 0 Å². The molecule has 0 aromatic heterocycles. The lowest BCUT2D eigenvalue weighted by Crippen LogP contribution is -2.42. The van der Waals surface area contributed by atoms with Crippen LogP contribution >= 0.6 is 0 Å². The fourth-order valence-electron chi connectivity index (χ4n) is 2.54. The molecule has 4 heteroatoms. The maximum absolute atomic E-state index is 11.9. The molecule has 0 spiro atoms. The third kappa shape index (κ3) is 3.55. The lowest BCUT2D eigenvalue weighted by Gasteiger charge is -2.40. The second-order valence-corrected chi connectivity index (χ2v) is 5.47. The summed E-state index contributed by atoms with van der Waals surface area (Å²) in [5.74, 6) is -0.0138. The normalized spacial score (nSPS) is 18.4. The van der Waals surface area contributed by atoms with Crippen molar-refractivity contribution < 1.29 is 9.90 Å². The Morgan fingerprint density at radius 3 is 2.58 bits per heavy atom. The number of nitrogens with two attached hydrogens (primary N) is 1. The topological polar surface area (TPSA) is 75.4 Å². The van der Waals surface area contributed by atoms with Gasteiger partial charge in [0.1, 0.15) is 0 Å². The van der Waals surface area contributed by atoms with Crippen molar-refractivity contribution in [1.82, 2.24) is 5.32 Å². The Balaban J connectivity index is 1.77. The molecule has 4 nitrogen and oxygen atoms in total. The highest BCUT2D eigenvalue weighted by atomic mass is 16.3. The molecule has 4 N–H and O–H groups in total. The molecule has 1 fully saturated rings. The third-order valence-electron chi connectivity index (χ3n) is 4.06. The number of aliphatic hydroxyl groups excluding tert-OH is 1. The smallest absolute Gasteiger partial charge is 0.220 e. The van der Waals surface area contributed by atoms with E-state index in [1.165, 1.54) is 0 Å². The van der Waals surface area contributed by atoms with Gasteiger partial charge in [-0.15, -0.1) is 0 Å². The van der Waals surface area contributed by atoms with E-state index in [9.17, 15) is 9.90 Å². The van der Waals surface area contributed by atoms with Crippen molar-refractivity contribution in [3.05, 3.63) is 35.9 Å². The highest BCUT2D eigenvalue weighted by molar-refractivity contribution is 5.76. The maximum atomic E-state index is 11.9. The van der Waals surface area contributed by atoms with Crippen molar-refractivity contribution in [1.29, 1.82) is 0 Å². The van der Waals surface area contributed by atoms with E-state index in [0.29, 0.717) is 13.0 Å². The first kappa shape index (κ1) is 14.0. The van der Waals surface area contributed by atoms with Crippen LogP contribution in [0.3, 0.4) is 0 Å². The van der Waals surface area contributed by atoms with Crippen LogP contribution in [0.4, 0.5) is 0 Å². The van der Waals surface area contributed by atoms with E-state index < -0.39 is 6.10 Å². The molecule has 19 heavy (non-hydrogen) atoms. The average Bonchev–Trinajstić information content (AvgIpc) is 2.41. The van der Waals surface area contributed by atoms with Crippen LogP contribution in [-0.4, -0.2) is 24.1 Å². The molecule has 2 rings (SSSR count). The molecule has 1 aliphatic rings. The Bertz CT molecular complexity index is 410. The Morgan fingerprint density at radius 1 is 1.37 bits per heavy atom. The second kappa shape index (κ2) is 6.17. The average molecular weight is 262 g/mol. The number of carbonyl (C=O) groups is 1. The molecule has 1 amide bonds. The van der Waals surface area contributed by atoms with E-state index in [1.54, 1.807) is 0 Å². The molecule has 1 aliphatic carbocycles. The van der Waals surface area contributed by atoms with Gasteiger partial charge in [-0.2, -0.15) is 0 Å². The fourth-order valence-corrected chi connectivity index (χ4v) is 2.54. The van der Waals surface area contributed by atoms with Gasteiger partial charge < -0.3 is 16.2 Å². The van der Waals surface area contributed by atoms with Gasteiger partial charge in [0, 0.05) is 13.0 Å². The van der Waals surface area contributed by atoms with Gasteiger partial charge in [0.2, 0.25) is 5.91 Å². The van der Waals surface area contributed by atoms with Crippen molar-refractivity contribution in [3.63, 3.8) is 0 Å². The molecule has 0 bridgehead atoms. The summed E-state index contributed by atoms with van der Waals surface area (Å²) >= 11 is 0. The minimum Gasteiger partial charge on any atom is -0.387 e. The summed E-state index contributed by atoms with van der Waals surface area (Å²) in [5.41, 5.74) is 6.57. The number of amides is 1. The molecule has 1 aromatic rings. The zero-order valence-corrected chi connectivity index (χ0v) is 11.1. The largest absolute Gasteiger partial charge is 0.387 e. The lowest BCUT2D eigenvalue weighted by molar-refractivity contribution is -0.125. The van der Waals surface area contributed by atoms with Gasteiger partial charge in [-0.1, -0.05) is 36.8 Å². The Hall–Kier alpha value is -1.39. The predicted octanol–water partition coefficient (Wildman–Crippen LogP) is 1.36. The summed E-state index contributed by atoms with van der Waals surface area (Å²) in [4.78, 5) is 11.9. The minimum absolute atomic E-state index is 0.0138. The predicted molar refractivity (Wildman–Crippen MR) is 74.4 cm³/mol. The second-order valence-electron chi connectivity index (χ2n) is 5.47. The molecule has 104 valence electrons. The summed E-state index contributed by atoms with van der Waals surface area (Å²) in [6.07, 6.45) is 3.07. The van der Waals surface area contributed by atoms with E-state index in [1.807, 2.05) is 30.3 Å². The molecule has 0 heterocycles. The molecule has 1 aromatic carbocycles. The van der Waals surface area contributed by atoms with Crippen molar-refractivity contribution in [2.24, 2.45) is 11.1 Å². The summed E-state index contributed by atoms with van der Waals surface area (Å²) in [6, 6.07) is 9.35. The van der Waals surface area contributed by atoms with E-state index in [0.717, 1.165) is 24.8 Å². The van der Waals surface area contributed by atoms with Crippen LogP contribution in [-0.2, 0) is 4.79 Å². The van der Waals surface area contributed by atoms with Crippen molar-refractivity contribution in [3.8, 4) is 0 Å². The molecule has 1 atom stereocenters. The van der Waals surface area contributed by atoms with Crippen LogP contribution in [0.15, 0.2) is 30.3 Å². The Labute approximate surface area is 114 Å². The van der Waals surface area contributed by atoms with Crippen LogP contribution in [0, 0.1) is 5.41 Å². The van der Waals surface area contributed by atoms with Crippen LogP contribution in [0.5, 0.6) is 0 Å². The zero-order valence-electron chi connectivity index (χ0n) is 11.1. The lowest BCUT2D eigenvalue weighted by atomic mass is 9.66. The summed E-state index contributed by atoms with van der Waals surface area (Å²) in [7, 11) is 0.